The molecule has 1 saturated carbocycles. The van der Waals surface area contributed by atoms with E-state index in [9.17, 15) is 19.5 Å². The zero-order valence-electron chi connectivity index (χ0n) is 22.1. The zero-order chi connectivity index (χ0) is 25.2. The summed E-state index contributed by atoms with van der Waals surface area (Å²) in [6.07, 6.45) is 10.1. The van der Waals surface area contributed by atoms with Crippen molar-refractivity contribution in [1.29, 1.82) is 0 Å². The van der Waals surface area contributed by atoms with Gasteiger partial charge in [-0.1, -0.05) is 51.8 Å². The summed E-state index contributed by atoms with van der Waals surface area (Å²) >= 11 is 0. The minimum absolute atomic E-state index is 0.00444. The molecule has 0 saturated heterocycles. The van der Waals surface area contributed by atoms with Gasteiger partial charge < -0.3 is 5.11 Å². The van der Waals surface area contributed by atoms with Crippen LogP contribution in [0.4, 0.5) is 0 Å². The molecule has 0 bridgehead atoms. The summed E-state index contributed by atoms with van der Waals surface area (Å²) in [6.45, 7) is 14.6. The minimum atomic E-state index is -0.806. The number of carboxylic acid groups (broad SMARTS) is 1. The Hall–Kier alpha value is -1.71. The molecule has 0 aromatic carbocycles. The van der Waals surface area contributed by atoms with Gasteiger partial charge in [0.25, 0.3) is 0 Å². The Labute approximate surface area is 206 Å². The highest BCUT2D eigenvalue weighted by Crippen LogP contribution is 2.61. The van der Waals surface area contributed by atoms with Gasteiger partial charge in [0.05, 0.1) is 5.92 Å². The number of Topliss-reactive ketones (excluding diaryl/α,β-unsaturated/α-hetero) is 2. The molecule has 0 amide bonds. The number of carboxylic acids is 1. The van der Waals surface area contributed by atoms with Crippen LogP contribution in [0.5, 0.6) is 0 Å². The average Bonchev–Trinajstić information content (AvgIpc) is 3.16. The van der Waals surface area contributed by atoms with E-state index in [-0.39, 0.29) is 11.3 Å². The first-order valence-electron chi connectivity index (χ1n) is 13.7. The minimum Gasteiger partial charge on any atom is -0.481 e. The molecule has 0 aliphatic heterocycles. The third kappa shape index (κ3) is 5.26. The van der Waals surface area contributed by atoms with Crippen LogP contribution in [0.1, 0.15) is 105 Å². The molecule has 190 valence electrons. The highest BCUT2D eigenvalue weighted by molar-refractivity contribution is 5.98. The Balaban J connectivity index is 1.69. The molecule has 3 rings (SSSR count). The van der Waals surface area contributed by atoms with Gasteiger partial charge in [-0.3, -0.25) is 14.4 Å². The van der Waals surface area contributed by atoms with Gasteiger partial charge in [-0.2, -0.15) is 0 Å². The second kappa shape index (κ2) is 10.9. The molecule has 0 aromatic rings. The van der Waals surface area contributed by atoms with Crippen molar-refractivity contribution in [2.45, 2.75) is 105 Å². The van der Waals surface area contributed by atoms with Crippen molar-refractivity contribution in [3.63, 3.8) is 0 Å². The van der Waals surface area contributed by atoms with Crippen molar-refractivity contribution in [2.75, 3.05) is 0 Å². The Bertz CT molecular complexity index is 852. The molecule has 0 spiro atoms. The maximum Gasteiger partial charge on any atom is 0.310 e. The number of unbranched alkanes of at least 4 members (excludes halogenated alkanes) is 1. The molecule has 3 aliphatic rings. The fourth-order valence-electron chi connectivity index (χ4n) is 7.42. The van der Waals surface area contributed by atoms with Crippen molar-refractivity contribution >= 4 is 17.5 Å². The van der Waals surface area contributed by atoms with E-state index in [4.69, 9.17) is 0 Å². The Morgan fingerprint density at radius 3 is 2.50 bits per heavy atom. The third-order valence-corrected chi connectivity index (χ3v) is 9.93. The molecule has 1 N–H and O–H groups in total. The topological polar surface area (TPSA) is 71.4 Å². The molecule has 0 aromatic heterocycles. The Morgan fingerprint density at radius 1 is 1.15 bits per heavy atom. The monoisotopic (exact) mass is 470 g/mol. The first kappa shape index (κ1) is 26.9. The number of allylic oxidation sites excluding steroid dienone is 2. The first-order chi connectivity index (χ1) is 16.0. The van der Waals surface area contributed by atoms with E-state index in [1.54, 1.807) is 6.92 Å². The maximum atomic E-state index is 13.5. The summed E-state index contributed by atoms with van der Waals surface area (Å²) in [6, 6.07) is 0. The van der Waals surface area contributed by atoms with Gasteiger partial charge in [0, 0.05) is 18.8 Å². The number of carbonyl (C=O) groups is 3. The van der Waals surface area contributed by atoms with Gasteiger partial charge in [0.2, 0.25) is 0 Å². The smallest absolute Gasteiger partial charge is 0.310 e. The lowest BCUT2D eigenvalue weighted by Gasteiger charge is -2.46. The number of fused-ring (bicyclic) bond motifs is 2. The molecule has 1 unspecified atom stereocenters. The second-order valence-electron chi connectivity index (χ2n) is 11.9. The highest BCUT2D eigenvalue weighted by atomic mass is 16.4. The summed E-state index contributed by atoms with van der Waals surface area (Å²) < 4.78 is 0. The van der Waals surface area contributed by atoms with E-state index >= 15 is 0 Å². The lowest BCUT2D eigenvalue weighted by Crippen LogP contribution is -2.41. The highest BCUT2D eigenvalue weighted by Gasteiger charge is 2.54. The summed E-state index contributed by atoms with van der Waals surface area (Å²) in [5.41, 5.74) is 3.29. The quantitative estimate of drug-likeness (QED) is 0.325. The lowest BCUT2D eigenvalue weighted by molar-refractivity contribution is -0.140. The number of ketones is 2. The van der Waals surface area contributed by atoms with Crippen LogP contribution in [0.25, 0.3) is 0 Å². The SMILES string of the molecule is C=C(CC[C@@H](C)[C@H]1CC[C@H]2C3=C(C[C@H]([C@H](C)C(=O)CCCC)CC3)C(=O)C[C@]12C)C(C)C(=O)O. The number of rotatable bonds is 11. The third-order valence-electron chi connectivity index (χ3n) is 9.93. The van der Waals surface area contributed by atoms with Crippen molar-refractivity contribution in [1.82, 2.24) is 0 Å². The van der Waals surface area contributed by atoms with Crippen LogP contribution in [0, 0.1) is 40.9 Å². The van der Waals surface area contributed by atoms with Crippen molar-refractivity contribution < 1.29 is 19.5 Å². The second-order valence-corrected chi connectivity index (χ2v) is 11.9. The van der Waals surface area contributed by atoms with E-state index in [1.807, 2.05) is 0 Å². The normalized spacial score (nSPS) is 31.4. The van der Waals surface area contributed by atoms with E-state index in [0.717, 1.165) is 68.9 Å². The number of hydrogen-bond donors (Lipinski definition) is 1. The first-order valence-corrected chi connectivity index (χ1v) is 13.7. The van der Waals surface area contributed by atoms with E-state index in [1.165, 1.54) is 5.57 Å². The van der Waals surface area contributed by atoms with E-state index in [2.05, 4.69) is 34.3 Å². The van der Waals surface area contributed by atoms with Crippen LogP contribution in [0.3, 0.4) is 0 Å². The zero-order valence-corrected chi connectivity index (χ0v) is 22.1. The summed E-state index contributed by atoms with van der Waals surface area (Å²) in [5.74, 6) is 1.17. The predicted octanol–water partition coefficient (Wildman–Crippen LogP) is 7.18. The van der Waals surface area contributed by atoms with Crippen LogP contribution in [-0.4, -0.2) is 22.6 Å². The molecule has 4 heteroatoms. The molecule has 7 atom stereocenters. The molecule has 0 heterocycles. The maximum absolute atomic E-state index is 13.5. The number of carbonyl (C=O) groups excluding carboxylic acids is 2. The molecule has 0 radical (unpaired) electrons. The Kier molecular flexibility index (Phi) is 8.63. The summed E-state index contributed by atoms with van der Waals surface area (Å²) in [5, 5.41) is 9.26. The summed E-state index contributed by atoms with van der Waals surface area (Å²) in [7, 11) is 0. The standard InChI is InChI=1S/C30H46O4/c1-7-8-9-27(31)21(5)22-12-13-23-24(16-22)28(32)17-30(6)25(14-15-26(23)30)19(3)11-10-18(2)20(4)29(33)34/h19-22,25-26H,2,7-17H2,1,3-6H3,(H,33,34)/t19-,20?,21+,22-,25-,26+,30-/m1/s1. The molecular formula is C30H46O4. The molecular weight excluding hydrogens is 424 g/mol. The molecule has 1 fully saturated rings. The van der Waals surface area contributed by atoms with Crippen molar-refractivity contribution in [3.8, 4) is 0 Å². The summed E-state index contributed by atoms with van der Waals surface area (Å²) in [4.78, 5) is 37.4. The van der Waals surface area contributed by atoms with Crippen LogP contribution < -0.4 is 0 Å². The van der Waals surface area contributed by atoms with Crippen LogP contribution >= 0.6 is 0 Å². The Morgan fingerprint density at radius 2 is 1.85 bits per heavy atom. The molecule has 4 nitrogen and oxygen atoms in total. The van der Waals surface area contributed by atoms with Crippen LogP contribution in [-0.2, 0) is 14.4 Å². The van der Waals surface area contributed by atoms with Crippen LogP contribution in [0.15, 0.2) is 23.3 Å². The van der Waals surface area contributed by atoms with Gasteiger partial charge in [0.1, 0.15) is 5.78 Å². The van der Waals surface area contributed by atoms with Crippen molar-refractivity contribution in [3.05, 3.63) is 23.3 Å². The predicted molar refractivity (Wildman–Crippen MR) is 136 cm³/mol. The largest absolute Gasteiger partial charge is 0.481 e. The van der Waals surface area contributed by atoms with Crippen LogP contribution in [0.2, 0.25) is 0 Å². The van der Waals surface area contributed by atoms with E-state index in [0.29, 0.717) is 48.1 Å². The average molecular weight is 471 g/mol. The molecule has 34 heavy (non-hydrogen) atoms. The number of hydrogen-bond acceptors (Lipinski definition) is 3. The lowest BCUT2D eigenvalue weighted by atomic mass is 9.57. The van der Waals surface area contributed by atoms with Gasteiger partial charge >= 0.3 is 5.97 Å². The van der Waals surface area contributed by atoms with Gasteiger partial charge in [-0.15, -0.1) is 0 Å². The molecule has 3 aliphatic carbocycles. The fraction of sp³-hybridized carbons (Fsp3) is 0.767. The fourth-order valence-corrected chi connectivity index (χ4v) is 7.42. The van der Waals surface area contributed by atoms with E-state index < -0.39 is 11.9 Å². The number of aliphatic carboxylic acids is 1. The van der Waals surface area contributed by atoms with Gasteiger partial charge in [0.15, 0.2) is 5.78 Å². The van der Waals surface area contributed by atoms with Crippen molar-refractivity contribution in [2.24, 2.45) is 40.9 Å². The van der Waals surface area contributed by atoms with Gasteiger partial charge in [-0.05, 0) is 93.0 Å². The van der Waals surface area contributed by atoms with Gasteiger partial charge in [-0.25, -0.2) is 0 Å².